The SMILES string of the molecule is Nc1nnc(SCC(=O)O)n1-c1ccc(C2CC2)c2ccccc12.O=C(O)CCC(=O)Nc1nnc(SCC(=O)O)n1-c1ccc(C2CC2)c2ccccc12.O=C(O)CSc1n[nH]c(=O)n1-c1ccc(C2CC2)c2ccccc12.O=C(O)CSc1nnc(Cl)n1-c1ccc(C2CC2)c2ccccc12.O=C(O)CSc1nncn1-c1ccc(C2CC2)c2ccccc12. The first kappa shape index (κ1) is 86.6. The molecule has 5 saturated carbocycles. The van der Waals surface area contributed by atoms with Gasteiger partial charge in [0.25, 0.3) is 0 Å². The van der Waals surface area contributed by atoms with Crippen molar-refractivity contribution in [3.63, 3.8) is 0 Å². The van der Waals surface area contributed by atoms with Crippen LogP contribution in [0.5, 0.6) is 0 Å². The molecule has 126 heavy (non-hydrogen) atoms. The number of fused-ring (bicyclic) bond motifs is 5. The lowest BCUT2D eigenvalue weighted by Gasteiger charge is -2.15. The van der Waals surface area contributed by atoms with Crippen molar-refractivity contribution < 1.29 is 64.2 Å². The second-order valence-corrected chi connectivity index (χ2v) is 35.4. The number of aliphatic carboxylic acids is 6. The Morgan fingerprint density at radius 1 is 0.357 bits per heavy atom. The zero-order valence-electron chi connectivity index (χ0n) is 67.0. The van der Waals surface area contributed by atoms with Gasteiger partial charge in [-0.1, -0.05) is 210 Å². The van der Waals surface area contributed by atoms with Crippen molar-refractivity contribution in [2.45, 2.75) is 132 Å². The van der Waals surface area contributed by atoms with E-state index >= 15 is 0 Å². The van der Waals surface area contributed by atoms with E-state index in [4.69, 9.17) is 48.0 Å². The van der Waals surface area contributed by atoms with Gasteiger partial charge in [-0.15, -0.1) is 45.9 Å². The van der Waals surface area contributed by atoms with Crippen LogP contribution in [0.25, 0.3) is 82.3 Å². The second kappa shape index (κ2) is 38.7. The number of carbonyl (C=O) groups excluding carboxylic acids is 1. The second-order valence-electron chi connectivity index (χ2n) is 30.4. The predicted molar refractivity (Wildman–Crippen MR) is 484 cm³/mol. The Morgan fingerprint density at radius 3 is 1.06 bits per heavy atom. The molecule has 1 amide bonds. The molecule has 0 aliphatic heterocycles. The summed E-state index contributed by atoms with van der Waals surface area (Å²) in [5, 5.41) is 108. The third kappa shape index (κ3) is 20.2. The summed E-state index contributed by atoms with van der Waals surface area (Å²) in [5.74, 6) is -3.30. The standard InChI is InChI=1S/C21H20N4O5S.C17H14ClN3O2S.C17H16N4O2S.C17H15N3O3S.C17H15N3O2S/c26-17(9-10-18(27)28)22-20-23-24-21(31-11-19(29)30)25(20)16-8-7-13(12-5-6-12)14-3-1-2-4-15(14)16;2*18-16-19-20-17(24-9-15(22)23)21(16)14-8-7-11(10-5-6-10)12-3-1-2-4-13(12)14;21-15(22)9-24-17-19-18-16(23)20(17)14-8-7-11(10-5-6-10)12-3-1-2-4-13(12)14;21-16(22)9-23-17-19-18-10-20(17)15-8-7-12(11-5-6-11)13-3-1-2-4-14(13)15/h1-4,7-8,12H,5-6,9-11H2,(H,27,28)(H,29,30)(H,22,23,26);1-4,7-8,10H,5-6,9H2,(H,22,23);1-4,7-8,10H,5-6,9H2,(H2,18,19)(H,22,23);1-4,7-8,10H,5-6,9H2,(H,18,23)(H,21,22);1-4,7-8,10-11H,5-6,9H2,(H,21,22). The number of thioether (sulfide) groups is 5. The molecule has 31 nitrogen and oxygen atoms in total. The van der Waals surface area contributed by atoms with Crippen molar-refractivity contribution in [2.24, 2.45) is 0 Å². The molecule has 0 atom stereocenters. The average Bonchev–Trinajstić information content (AvgIpc) is 1.63. The minimum Gasteiger partial charge on any atom is -0.481 e. The molecule has 37 heteroatoms. The Morgan fingerprint density at radius 2 is 0.675 bits per heavy atom. The van der Waals surface area contributed by atoms with Crippen LogP contribution in [-0.2, 0) is 33.6 Å². The number of nitrogens with two attached hydrogens (primary N) is 1. The zero-order chi connectivity index (χ0) is 87.8. The fraction of sp³-hybridized carbons (Fsp3) is 0.247. The van der Waals surface area contributed by atoms with Gasteiger partial charge in [-0.2, -0.15) is 0 Å². The number of carboxylic acid groups (broad SMARTS) is 6. The zero-order valence-corrected chi connectivity index (χ0v) is 71.9. The van der Waals surface area contributed by atoms with Crippen molar-refractivity contribution in [1.82, 2.24) is 73.8 Å². The summed E-state index contributed by atoms with van der Waals surface area (Å²) >= 11 is 11.7. The average molecular weight is 1810 g/mol. The minimum atomic E-state index is -1.07. The topological polar surface area (TPSA) is 452 Å². The van der Waals surface area contributed by atoms with Gasteiger partial charge in [-0.25, -0.2) is 14.5 Å². The molecule has 0 saturated heterocycles. The molecule has 0 spiro atoms. The van der Waals surface area contributed by atoms with E-state index < -0.39 is 41.7 Å². The molecule has 0 radical (unpaired) electrons. The summed E-state index contributed by atoms with van der Waals surface area (Å²) in [4.78, 5) is 89.7. The number of nitrogens with zero attached hydrogens (tertiary/aromatic N) is 14. The third-order valence-corrected chi connectivity index (χ3v) is 26.3. The van der Waals surface area contributed by atoms with Crippen LogP contribution < -0.4 is 16.7 Å². The Balaban J connectivity index is 0.000000116. The van der Waals surface area contributed by atoms with E-state index in [1.165, 1.54) is 112 Å². The number of hydrogen-bond donors (Lipinski definition) is 9. The number of benzene rings is 10. The van der Waals surface area contributed by atoms with Crippen LogP contribution in [0.3, 0.4) is 0 Å². The van der Waals surface area contributed by atoms with Crippen LogP contribution in [0.4, 0.5) is 11.9 Å². The summed E-state index contributed by atoms with van der Waals surface area (Å²) < 4.78 is 8.38. The highest BCUT2D eigenvalue weighted by molar-refractivity contribution is 8.00. The lowest BCUT2D eigenvalue weighted by molar-refractivity contribution is -0.138. The molecular formula is C89H80ClN17O14S5. The first-order valence-electron chi connectivity index (χ1n) is 40.3. The highest BCUT2D eigenvalue weighted by Gasteiger charge is 2.33. The number of aromatic nitrogens is 15. The molecule has 10 aromatic carbocycles. The molecule has 5 aromatic heterocycles. The normalized spacial score (nSPS) is 14.0. The number of carbonyl (C=O) groups is 7. The highest BCUT2D eigenvalue weighted by atomic mass is 35.5. The maximum atomic E-state index is 12.2. The first-order valence-corrected chi connectivity index (χ1v) is 45.6. The molecule has 15 aromatic rings. The number of carboxylic acids is 6. The third-order valence-electron chi connectivity index (χ3n) is 21.5. The molecule has 0 bridgehead atoms. The molecular weight excluding hydrogens is 1730 g/mol. The van der Waals surface area contributed by atoms with Gasteiger partial charge in [0.1, 0.15) is 6.33 Å². The molecule has 642 valence electrons. The van der Waals surface area contributed by atoms with Crippen LogP contribution in [0.2, 0.25) is 5.28 Å². The van der Waals surface area contributed by atoms with Crippen molar-refractivity contribution in [1.29, 1.82) is 0 Å². The number of nitrogens with one attached hydrogen (secondary N) is 2. The molecule has 5 fully saturated rings. The molecule has 5 heterocycles. The van der Waals surface area contributed by atoms with E-state index in [1.54, 1.807) is 20.0 Å². The van der Waals surface area contributed by atoms with Crippen LogP contribution >= 0.6 is 70.4 Å². The fourth-order valence-corrected chi connectivity index (χ4v) is 18.8. The Hall–Kier alpha value is -12.9. The largest absolute Gasteiger partial charge is 0.481 e. The first-order chi connectivity index (χ1) is 61.1. The van der Waals surface area contributed by atoms with Gasteiger partial charge in [-0.3, -0.25) is 57.1 Å². The summed E-state index contributed by atoms with van der Waals surface area (Å²) in [6, 6.07) is 61.2. The van der Waals surface area contributed by atoms with E-state index in [0.29, 0.717) is 61.1 Å². The number of hydrogen-bond acceptors (Lipinski definition) is 23. The summed E-state index contributed by atoms with van der Waals surface area (Å²) in [5.41, 5.74) is 16.5. The van der Waals surface area contributed by atoms with Crippen molar-refractivity contribution >= 4 is 178 Å². The lowest BCUT2D eigenvalue weighted by Crippen LogP contribution is -2.17. The number of nitrogen functional groups attached to an aromatic ring is 1. The Bertz CT molecular complexity index is 6620. The van der Waals surface area contributed by atoms with E-state index in [1.807, 2.05) is 102 Å². The summed E-state index contributed by atoms with van der Waals surface area (Å²) in [6.07, 6.45) is 13.3. The van der Waals surface area contributed by atoms with E-state index in [9.17, 15) is 38.4 Å². The van der Waals surface area contributed by atoms with Crippen LogP contribution in [0.15, 0.2) is 219 Å². The van der Waals surface area contributed by atoms with Crippen LogP contribution in [0, 0.1) is 0 Å². The fourth-order valence-electron chi connectivity index (χ4n) is 15.2. The Labute approximate surface area is 743 Å². The maximum absolute atomic E-state index is 12.2. The van der Waals surface area contributed by atoms with Gasteiger partial charge in [0.05, 0.1) is 63.6 Å². The monoisotopic (exact) mass is 1810 g/mol. The molecule has 5 aliphatic rings. The van der Waals surface area contributed by atoms with Crippen LogP contribution in [0.1, 0.15) is 134 Å². The lowest BCUT2D eigenvalue weighted by atomic mass is 9.99. The molecule has 0 unspecified atom stereocenters. The molecule has 5 aliphatic carbocycles. The number of H-pyrrole nitrogens is 1. The summed E-state index contributed by atoms with van der Waals surface area (Å²) in [6.45, 7) is 0. The van der Waals surface area contributed by atoms with Gasteiger partial charge in [0.2, 0.25) is 23.1 Å². The van der Waals surface area contributed by atoms with Gasteiger partial charge >= 0.3 is 41.5 Å². The maximum Gasteiger partial charge on any atom is 0.348 e. The summed E-state index contributed by atoms with van der Waals surface area (Å²) in [7, 11) is 0. The molecule has 20 rings (SSSR count). The van der Waals surface area contributed by atoms with Crippen molar-refractivity contribution in [2.75, 3.05) is 39.8 Å². The smallest absolute Gasteiger partial charge is 0.348 e. The molecule has 10 N–H and O–H groups in total. The Kier molecular flexibility index (Phi) is 26.6. The van der Waals surface area contributed by atoms with Gasteiger partial charge in [0.15, 0.2) is 25.8 Å². The van der Waals surface area contributed by atoms with Gasteiger partial charge in [0, 0.05) is 33.4 Å². The number of halogens is 1. The minimum absolute atomic E-state index is 0.0310. The van der Waals surface area contributed by atoms with Gasteiger partial charge < -0.3 is 36.4 Å². The number of amides is 1. The van der Waals surface area contributed by atoms with E-state index in [2.05, 4.69) is 141 Å². The van der Waals surface area contributed by atoms with Crippen molar-refractivity contribution in [3.8, 4) is 28.4 Å². The quantitative estimate of drug-likeness (QED) is 0.0197. The number of anilines is 2. The van der Waals surface area contributed by atoms with E-state index in [0.717, 1.165) is 120 Å². The van der Waals surface area contributed by atoms with Gasteiger partial charge in [-0.05, 0) is 190 Å². The number of aromatic amines is 1. The highest BCUT2D eigenvalue weighted by Crippen LogP contribution is 2.50. The van der Waals surface area contributed by atoms with Crippen LogP contribution in [-0.4, -0.2) is 175 Å². The predicted octanol–water partition coefficient (Wildman–Crippen LogP) is 16.7. The van der Waals surface area contributed by atoms with Crippen molar-refractivity contribution in [3.05, 3.63) is 232 Å². The van der Waals surface area contributed by atoms with E-state index in [-0.39, 0.29) is 64.5 Å². The number of rotatable bonds is 29.